The summed E-state index contributed by atoms with van der Waals surface area (Å²) in [5.74, 6) is 2.76. The van der Waals surface area contributed by atoms with Gasteiger partial charge in [-0.1, -0.05) is 25.1 Å². The SMILES string of the molecule is CCNC(=NCc1ccccc1OC)N1CCC(C)CC1.I. The molecule has 2 rings (SSSR count). The minimum Gasteiger partial charge on any atom is -0.496 e. The Labute approximate surface area is 151 Å². The van der Waals surface area contributed by atoms with E-state index in [0.29, 0.717) is 6.54 Å². The Kier molecular flexibility index (Phi) is 8.60. The van der Waals surface area contributed by atoms with Crippen molar-refractivity contribution >= 4 is 29.9 Å². The molecule has 0 amide bonds. The summed E-state index contributed by atoms with van der Waals surface area (Å²) in [6.07, 6.45) is 2.50. The quantitative estimate of drug-likeness (QED) is 0.463. The molecule has 1 aromatic rings. The Bertz CT molecular complexity index is 471. The average molecular weight is 417 g/mol. The van der Waals surface area contributed by atoms with Crippen LogP contribution in [0.5, 0.6) is 5.75 Å². The van der Waals surface area contributed by atoms with Crippen molar-refractivity contribution in [3.63, 3.8) is 0 Å². The summed E-state index contributed by atoms with van der Waals surface area (Å²) in [6.45, 7) is 8.19. The van der Waals surface area contributed by atoms with E-state index in [2.05, 4.69) is 30.1 Å². The van der Waals surface area contributed by atoms with Crippen molar-refractivity contribution < 1.29 is 4.74 Å². The van der Waals surface area contributed by atoms with Gasteiger partial charge in [0.2, 0.25) is 0 Å². The predicted octanol–water partition coefficient (Wildman–Crippen LogP) is 3.51. The summed E-state index contributed by atoms with van der Waals surface area (Å²) in [5, 5.41) is 3.41. The van der Waals surface area contributed by atoms with Crippen LogP contribution in [0.1, 0.15) is 32.3 Å². The third-order valence-electron chi connectivity index (χ3n) is 4.01. The van der Waals surface area contributed by atoms with Crippen molar-refractivity contribution in [3.8, 4) is 5.75 Å². The maximum absolute atomic E-state index is 5.39. The van der Waals surface area contributed by atoms with E-state index in [1.807, 2.05) is 18.2 Å². The largest absolute Gasteiger partial charge is 0.496 e. The monoisotopic (exact) mass is 417 g/mol. The molecule has 0 aliphatic carbocycles. The highest BCUT2D eigenvalue weighted by molar-refractivity contribution is 14.0. The van der Waals surface area contributed by atoms with Gasteiger partial charge in [0.05, 0.1) is 13.7 Å². The number of nitrogens with one attached hydrogen (secondary N) is 1. The number of likely N-dealkylation sites (tertiary alicyclic amines) is 1. The number of guanidine groups is 1. The van der Waals surface area contributed by atoms with Crippen LogP contribution in [0.3, 0.4) is 0 Å². The molecule has 1 aromatic carbocycles. The molecular formula is C17H28IN3O. The van der Waals surface area contributed by atoms with Gasteiger partial charge in [0, 0.05) is 25.2 Å². The first-order chi connectivity index (χ1) is 10.2. The van der Waals surface area contributed by atoms with Crippen LogP contribution in [0, 0.1) is 5.92 Å². The number of ether oxygens (including phenoxy) is 1. The first kappa shape index (κ1) is 19.1. The van der Waals surface area contributed by atoms with Crippen molar-refractivity contribution in [2.45, 2.75) is 33.2 Å². The van der Waals surface area contributed by atoms with Crippen LogP contribution in [0.15, 0.2) is 29.3 Å². The normalized spacial score (nSPS) is 16.1. The van der Waals surface area contributed by atoms with Gasteiger partial charge in [0.15, 0.2) is 5.96 Å². The van der Waals surface area contributed by atoms with Crippen LogP contribution in [0.4, 0.5) is 0 Å². The van der Waals surface area contributed by atoms with E-state index in [9.17, 15) is 0 Å². The van der Waals surface area contributed by atoms with E-state index in [-0.39, 0.29) is 24.0 Å². The number of rotatable bonds is 4. The molecule has 1 aliphatic heterocycles. The number of aliphatic imine (C=N–C) groups is 1. The van der Waals surface area contributed by atoms with E-state index < -0.39 is 0 Å². The predicted molar refractivity (Wildman–Crippen MR) is 103 cm³/mol. The second-order valence-corrected chi connectivity index (χ2v) is 5.65. The smallest absolute Gasteiger partial charge is 0.194 e. The molecule has 0 saturated carbocycles. The zero-order valence-electron chi connectivity index (χ0n) is 13.8. The van der Waals surface area contributed by atoms with Crippen molar-refractivity contribution in [2.24, 2.45) is 10.9 Å². The lowest BCUT2D eigenvalue weighted by molar-refractivity contribution is 0.273. The fourth-order valence-electron chi connectivity index (χ4n) is 2.64. The molecule has 0 atom stereocenters. The zero-order chi connectivity index (χ0) is 15.1. The molecule has 1 aliphatic rings. The molecule has 22 heavy (non-hydrogen) atoms. The third-order valence-corrected chi connectivity index (χ3v) is 4.01. The number of methoxy groups -OCH3 is 1. The van der Waals surface area contributed by atoms with Crippen LogP contribution in [0.2, 0.25) is 0 Å². The molecule has 0 bridgehead atoms. The fraction of sp³-hybridized carbons (Fsp3) is 0.588. The number of nitrogens with zero attached hydrogens (tertiary/aromatic N) is 2. The zero-order valence-corrected chi connectivity index (χ0v) is 16.2. The number of piperidine rings is 1. The number of halogens is 1. The summed E-state index contributed by atoms with van der Waals surface area (Å²) in [5.41, 5.74) is 1.13. The fourth-order valence-corrected chi connectivity index (χ4v) is 2.64. The lowest BCUT2D eigenvalue weighted by Crippen LogP contribution is -2.45. The molecule has 0 unspecified atom stereocenters. The lowest BCUT2D eigenvalue weighted by atomic mass is 10.00. The number of benzene rings is 1. The summed E-state index contributed by atoms with van der Waals surface area (Å²) in [7, 11) is 1.71. The highest BCUT2D eigenvalue weighted by Gasteiger charge is 2.18. The van der Waals surface area contributed by atoms with E-state index >= 15 is 0 Å². The van der Waals surface area contributed by atoms with Crippen LogP contribution in [-0.2, 0) is 6.54 Å². The van der Waals surface area contributed by atoms with Crippen LogP contribution >= 0.6 is 24.0 Å². The van der Waals surface area contributed by atoms with Gasteiger partial charge < -0.3 is 15.0 Å². The Morgan fingerprint density at radius 3 is 2.64 bits per heavy atom. The first-order valence-corrected chi connectivity index (χ1v) is 7.89. The number of para-hydroxylation sites is 1. The minimum absolute atomic E-state index is 0. The van der Waals surface area contributed by atoms with Gasteiger partial charge >= 0.3 is 0 Å². The van der Waals surface area contributed by atoms with Crippen LogP contribution in [0.25, 0.3) is 0 Å². The topological polar surface area (TPSA) is 36.9 Å². The number of hydrogen-bond acceptors (Lipinski definition) is 2. The summed E-state index contributed by atoms with van der Waals surface area (Å²) in [6, 6.07) is 8.08. The lowest BCUT2D eigenvalue weighted by Gasteiger charge is -2.33. The molecule has 4 nitrogen and oxygen atoms in total. The Morgan fingerprint density at radius 2 is 2.00 bits per heavy atom. The van der Waals surface area contributed by atoms with E-state index in [0.717, 1.165) is 42.8 Å². The van der Waals surface area contributed by atoms with Crippen molar-refractivity contribution in [2.75, 3.05) is 26.7 Å². The molecule has 0 aromatic heterocycles. The molecule has 124 valence electrons. The van der Waals surface area contributed by atoms with Gasteiger partial charge in [0.1, 0.15) is 5.75 Å². The van der Waals surface area contributed by atoms with Gasteiger partial charge in [-0.2, -0.15) is 0 Å². The van der Waals surface area contributed by atoms with Gasteiger partial charge in [0.25, 0.3) is 0 Å². The van der Waals surface area contributed by atoms with Gasteiger partial charge in [-0.15, -0.1) is 24.0 Å². The van der Waals surface area contributed by atoms with E-state index in [1.165, 1.54) is 12.8 Å². The van der Waals surface area contributed by atoms with Crippen molar-refractivity contribution in [1.29, 1.82) is 0 Å². The highest BCUT2D eigenvalue weighted by atomic mass is 127. The Hall–Kier alpha value is -0.980. The molecule has 1 saturated heterocycles. The maximum atomic E-state index is 5.39. The summed E-state index contributed by atoms with van der Waals surface area (Å²) < 4.78 is 5.39. The standard InChI is InChI=1S/C17H27N3O.HI/c1-4-18-17(20-11-9-14(2)10-12-20)19-13-15-7-5-6-8-16(15)21-3;/h5-8,14H,4,9-13H2,1-3H3,(H,18,19);1H. The second kappa shape index (κ2) is 9.92. The van der Waals surface area contributed by atoms with Crippen molar-refractivity contribution in [3.05, 3.63) is 29.8 Å². The molecule has 1 fully saturated rings. The Morgan fingerprint density at radius 1 is 1.32 bits per heavy atom. The second-order valence-electron chi connectivity index (χ2n) is 5.65. The van der Waals surface area contributed by atoms with E-state index in [4.69, 9.17) is 9.73 Å². The minimum atomic E-state index is 0. The van der Waals surface area contributed by atoms with Crippen LogP contribution in [-0.4, -0.2) is 37.6 Å². The molecule has 0 spiro atoms. The summed E-state index contributed by atoms with van der Waals surface area (Å²) in [4.78, 5) is 7.17. The van der Waals surface area contributed by atoms with E-state index in [1.54, 1.807) is 7.11 Å². The maximum Gasteiger partial charge on any atom is 0.194 e. The molecule has 5 heteroatoms. The van der Waals surface area contributed by atoms with Gasteiger partial charge in [-0.05, 0) is 31.7 Å². The van der Waals surface area contributed by atoms with Crippen LogP contribution < -0.4 is 10.1 Å². The number of hydrogen-bond donors (Lipinski definition) is 1. The summed E-state index contributed by atoms with van der Waals surface area (Å²) >= 11 is 0. The average Bonchev–Trinajstić information content (AvgIpc) is 2.52. The molecular weight excluding hydrogens is 389 g/mol. The van der Waals surface area contributed by atoms with Gasteiger partial charge in [-0.25, -0.2) is 4.99 Å². The van der Waals surface area contributed by atoms with Crippen molar-refractivity contribution in [1.82, 2.24) is 10.2 Å². The molecule has 1 N–H and O–H groups in total. The first-order valence-electron chi connectivity index (χ1n) is 7.89. The van der Waals surface area contributed by atoms with Gasteiger partial charge in [-0.3, -0.25) is 0 Å². The highest BCUT2D eigenvalue weighted by Crippen LogP contribution is 2.19. The molecule has 0 radical (unpaired) electrons. The third kappa shape index (κ3) is 5.34. The molecule has 1 heterocycles. The Balaban J connectivity index is 0.00000242.